The number of rotatable bonds is 8. The Bertz CT molecular complexity index is 2040. The van der Waals surface area contributed by atoms with Crippen LogP contribution in [0.25, 0.3) is 21.8 Å². The number of carbonyl (C=O) groups is 4. The first-order valence-corrected chi connectivity index (χ1v) is 21.3. The minimum Gasteiger partial charge on any atom is -0.471 e. The van der Waals surface area contributed by atoms with Crippen molar-refractivity contribution in [2.45, 2.75) is 119 Å². The maximum Gasteiger partial charge on any atom is 0.408 e. The second-order valence-electron chi connectivity index (χ2n) is 15.0. The number of carbonyl (C=O) groups excluding carboxylic acids is 4. The number of nitrogens with zero attached hydrogens (tertiary/aromatic N) is 3. The smallest absolute Gasteiger partial charge is 0.408 e. The topological polar surface area (TPSA) is 199 Å². The molecule has 8 rings (SSSR count). The lowest BCUT2D eigenvalue weighted by Crippen LogP contribution is -2.58. The van der Waals surface area contributed by atoms with Crippen molar-refractivity contribution in [1.29, 1.82) is 0 Å². The van der Waals surface area contributed by atoms with Crippen LogP contribution in [-0.2, 0) is 29.1 Å². The van der Waals surface area contributed by atoms with Gasteiger partial charge in [0.05, 0.1) is 22.9 Å². The summed E-state index contributed by atoms with van der Waals surface area (Å²) in [4.78, 5) is 67.4. The number of furan rings is 1. The molecule has 15 nitrogen and oxygen atoms in total. The zero-order chi connectivity index (χ0) is 37.5. The van der Waals surface area contributed by atoms with Gasteiger partial charge in [-0.05, 0) is 75.7 Å². The van der Waals surface area contributed by atoms with Crippen LogP contribution in [0.3, 0.4) is 0 Å². The van der Waals surface area contributed by atoms with E-state index in [0.29, 0.717) is 43.3 Å². The number of aromatic nitrogens is 2. The Hall–Kier alpha value is -4.51. The van der Waals surface area contributed by atoms with Gasteiger partial charge in [-0.2, -0.15) is 4.98 Å². The van der Waals surface area contributed by atoms with Crippen molar-refractivity contribution < 1.29 is 41.5 Å². The van der Waals surface area contributed by atoms with Gasteiger partial charge in [0.1, 0.15) is 41.0 Å². The molecule has 0 aromatic carbocycles. The number of thiophene rings is 1. The largest absolute Gasteiger partial charge is 0.471 e. The van der Waals surface area contributed by atoms with Gasteiger partial charge in [-0.1, -0.05) is 31.1 Å². The summed E-state index contributed by atoms with van der Waals surface area (Å²) in [5.41, 5.74) is -0.223. The minimum atomic E-state index is -3.89. The molecule has 3 N–H and O–H groups in total. The van der Waals surface area contributed by atoms with Crippen molar-refractivity contribution >= 4 is 56.4 Å². The van der Waals surface area contributed by atoms with Crippen molar-refractivity contribution in [1.82, 2.24) is 30.2 Å². The van der Waals surface area contributed by atoms with Crippen LogP contribution in [-0.4, -0.2) is 88.7 Å². The predicted molar refractivity (Wildman–Crippen MR) is 197 cm³/mol. The third-order valence-corrected chi connectivity index (χ3v) is 13.7. The van der Waals surface area contributed by atoms with E-state index in [2.05, 4.69) is 20.3 Å². The SMILES string of the molecule is O=C(N[C@H]1CCCCC/C=C\[C@@H]2C[C@@]2(C(=O)NS(=O)(=O)C2CC2)NC(=O)[C@@H]2C[C@@H](Oc3nc4occc4nc3-c3cccs3)CN2C1=O)OC1CCCC1. The number of amides is 4. The Morgan fingerprint density at radius 3 is 2.61 bits per heavy atom. The van der Waals surface area contributed by atoms with Gasteiger partial charge in [0, 0.05) is 18.4 Å². The highest BCUT2D eigenvalue weighted by molar-refractivity contribution is 7.91. The van der Waals surface area contributed by atoms with Crippen LogP contribution in [0.5, 0.6) is 5.88 Å². The minimum absolute atomic E-state index is 0.0249. The van der Waals surface area contributed by atoms with E-state index in [-0.39, 0.29) is 37.1 Å². The Labute approximate surface area is 316 Å². The van der Waals surface area contributed by atoms with Gasteiger partial charge in [-0.15, -0.1) is 11.3 Å². The first kappa shape index (κ1) is 36.5. The van der Waals surface area contributed by atoms with Gasteiger partial charge in [0.15, 0.2) is 0 Å². The molecule has 4 fully saturated rings. The van der Waals surface area contributed by atoms with E-state index in [1.807, 2.05) is 29.7 Å². The molecule has 288 valence electrons. The Morgan fingerprint density at radius 2 is 1.83 bits per heavy atom. The van der Waals surface area contributed by atoms with Crippen LogP contribution in [0.4, 0.5) is 4.79 Å². The monoisotopic (exact) mass is 780 g/mol. The second-order valence-corrected chi connectivity index (χ2v) is 17.9. The number of hydrogen-bond acceptors (Lipinski definition) is 12. The van der Waals surface area contributed by atoms with Gasteiger partial charge in [0.2, 0.25) is 33.4 Å². The molecule has 5 heterocycles. The molecule has 1 saturated heterocycles. The number of ether oxygens (including phenoxy) is 2. The Kier molecular flexibility index (Phi) is 10.1. The molecular weight excluding hydrogens is 737 g/mol. The molecule has 3 aromatic rings. The Morgan fingerprint density at radius 1 is 1.02 bits per heavy atom. The zero-order valence-electron chi connectivity index (χ0n) is 29.7. The summed E-state index contributed by atoms with van der Waals surface area (Å²) in [5.74, 6) is -2.16. The first-order valence-electron chi connectivity index (χ1n) is 18.9. The molecule has 0 spiro atoms. The van der Waals surface area contributed by atoms with Gasteiger partial charge in [-0.25, -0.2) is 18.2 Å². The highest BCUT2D eigenvalue weighted by atomic mass is 32.2. The molecule has 3 aliphatic carbocycles. The average molecular weight is 781 g/mol. The van der Waals surface area contributed by atoms with Crippen molar-refractivity contribution in [3.05, 3.63) is 42.0 Å². The standard InChI is InChI=1S/C37H44N6O9S2/c44-31-28-19-24(51-33-30(29-13-8-18-53-29)38-26-16-17-50-32(26)40-33)21-43(28)34(45)27(39-36(47)52-23-10-6-7-11-23)12-5-3-1-2-4-9-22-20-37(22,41-31)35(46)42-54(48,49)25-14-15-25/h4,8-9,13,16-18,22-25,27-28H,1-3,5-7,10-12,14-15,19-21H2,(H,39,47)(H,41,44)(H,42,46)/b9-4-/t22-,24-,27+,28+,37-/m1/s1. The van der Waals surface area contributed by atoms with E-state index in [0.717, 1.165) is 43.4 Å². The second kappa shape index (κ2) is 15.0. The normalized spacial score (nSPS) is 28.6. The molecule has 3 saturated carbocycles. The molecule has 0 bridgehead atoms. The van der Waals surface area contributed by atoms with E-state index in [1.54, 1.807) is 6.07 Å². The molecule has 2 aliphatic heterocycles. The molecule has 5 aliphatic rings. The van der Waals surface area contributed by atoms with Crippen molar-refractivity contribution in [3.8, 4) is 16.5 Å². The van der Waals surface area contributed by atoms with Crippen LogP contribution in [0.1, 0.15) is 83.5 Å². The summed E-state index contributed by atoms with van der Waals surface area (Å²) in [6, 6.07) is 3.37. The summed E-state index contributed by atoms with van der Waals surface area (Å²) in [5, 5.41) is 6.97. The summed E-state index contributed by atoms with van der Waals surface area (Å²) >= 11 is 1.45. The van der Waals surface area contributed by atoms with E-state index < -0.39 is 68.7 Å². The van der Waals surface area contributed by atoms with Crippen LogP contribution in [0.2, 0.25) is 0 Å². The van der Waals surface area contributed by atoms with Gasteiger partial charge < -0.3 is 29.4 Å². The van der Waals surface area contributed by atoms with Gasteiger partial charge in [-0.3, -0.25) is 19.1 Å². The van der Waals surface area contributed by atoms with Crippen molar-refractivity contribution in [2.24, 2.45) is 5.92 Å². The number of fused-ring (bicyclic) bond motifs is 3. The van der Waals surface area contributed by atoms with Crippen LogP contribution in [0.15, 0.2) is 46.4 Å². The predicted octanol–water partition coefficient (Wildman–Crippen LogP) is 4.34. The quantitative estimate of drug-likeness (QED) is 0.275. The Balaban J connectivity index is 1.09. The maximum absolute atomic E-state index is 14.6. The highest BCUT2D eigenvalue weighted by Crippen LogP contribution is 2.46. The van der Waals surface area contributed by atoms with Gasteiger partial charge >= 0.3 is 6.09 Å². The number of nitrogens with one attached hydrogen (secondary N) is 3. The van der Waals surface area contributed by atoms with Crippen molar-refractivity contribution in [3.63, 3.8) is 0 Å². The molecule has 4 amide bonds. The summed E-state index contributed by atoms with van der Waals surface area (Å²) in [7, 11) is -3.89. The summed E-state index contributed by atoms with van der Waals surface area (Å²) in [6.07, 6.45) is 11.6. The third kappa shape index (κ3) is 7.70. The molecule has 54 heavy (non-hydrogen) atoms. The highest BCUT2D eigenvalue weighted by Gasteiger charge is 2.62. The fourth-order valence-electron chi connectivity index (χ4n) is 7.77. The lowest BCUT2D eigenvalue weighted by atomic mass is 10.0. The molecular formula is C37H44N6O9S2. The fourth-order valence-corrected chi connectivity index (χ4v) is 9.84. The molecule has 0 radical (unpaired) electrons. The third-order valence-electron chi connectivity index (χ3n) is 11.0. The van der Waals surface area contributed by atoms with E-state index in [4.69, 9.17) is 18.9 Å². The number of sulfonamides is 1. The van der Waals surface area contributed by atoms with Gasteiger partial charge in [0.25, 0.3) is 5.91 Å². The average Bonchev–Trinajstić information content (AvgIpc) is 3.71. The van der Waals surface area contributed by atoms with E-state index >= 15 is 0 Å². The zero-order valence-corrected chi connectivity index (χ0v) is 31.4. The molecule has 0 unspecified atom stereocenters. The van der Waals surface area contributed by atoms with Crippen molar-refractivity contribution in [2.75, 3.05) is 6.54 Å². The number of allylic oxidation sites excluding steroid dienone is 1. The number of hydrogen-bond donors (Lipinski definition) is 3. The maximum atomic E-state index is 14.6. The van der Waals surface area contributed by atoms with Crippen LogP contribution in [0, 0.1) is 5.92 Å². The first-order chi connectivity index (χ1) is 26.1. The van der Waals surface area contributed by atoms with E-state index in [9.17, 15) is 27.6 Å². The fraction of sp³-hybridized carbons (Fsp3) is 0.568. The lowest BCUT2D eigenvalue weighted by molar-refractivity contribution is -0.141. The van der Waals surface area contributed by atoms with E-state index in [1.165, 1.54) is 22.5 Å². The molecule has 5 atom stereocenters. The molecule has 3 aromatic heterocycles. The van der Waals surface area contributed by atoms with Crippen LogP contribution >= 0.6 is 11.3 Å². The summed E-state index contributed by atoms with van der Waals surface area (Å²) < 4.78 is 45.6. The lowest BCUT2D eigenvalue weighted by Gasteiger charge is -2.30. The van der Waals surface area contributed by atoms with Crippen LogP contribution < -0.4 is 20.1 Å². The molecule has 17 heteroatoms. The summed E-state index contributed by atoms with van der Waals surface area (Å²) in [6.45, 7) is -0.0346. The number of alkyl carbamates (subject to hydrolysis) is 1.